The molecule has 1 aromatic carbocycles. The third-order valence-corrected chi connectivity index (χ3v) is 2.41. The summed E-state index contributed by atoms with van der Waals surface area (Å²) in [6.07, 6.45) is -5.06. The zero-order chi connectivity index (χ0) is 12.7. The molecule has 0 N–H and O–H groups in total. The number of benzene rings is 1. The van der Waals surface area contributed by atoms with E-state index in [2.05, 4.69) is 0 Å². The van der Waals surface area contributed by atoms with Crippen LogP contribution in [0.5, 0.6) is 0 Å². The summed E-state index contributed by atoms with van der Waals surface area (Å²) in [7, 11) is 0. The summed E-state index contributed by atoms with van der Waals surface area (Å²) in [6, 6.07) is 0.287. The van der Waals surface area contributed by atoms with Gasteiger partial charge in [-0.2, -0.15) is 13.2 Å². The van der Waals surface area contributed by atoms with Crippen LogP contribution in [0.3, 0.4) is 0 Å². The molecule has 0 unspecified atom stereocenters. The number of alkyl halides is 4. The Morgan fingerprint density at radius 1 is 1.00 bits per heavy atom. The Hall–Kier alpha value is -0.910. The Kier molecular flexibility index (Phi) is 3.15. The second-order valence-corrected chi connectivity index (χ2v) is 4.00. The zero-order valence-corrected chi connectivity index (χ0v) is 8.56. The molecular formula is C9H5ClF6. The van der Waals surface area contributed by atoms with Crippen LogP contribution in [-0.2, 0) is 4.87 Å². The first-order chi connectivity index (χ1) is 7.07. The minimum absolute atomic E-state index is 0.144. The minimum Gasteiger partial charge on any atom is -0.207 e. The lowest BCUT2D eigenvalue weighted by Crippen LogP contribution is -2.35. The topological polar surface area (TPSA) is 0 Å². The highest BCUT2D eigenvalue weighted by atomic mass is 35.5. The van der Waals surface area contributed by atoms with Gasteiger partial charge in [0.05, 0.1) is 5.56 Å². The fourth-order valence-corrected chi connectivity index (χ4v) is 1.31. The normalized spacial score (nSPS) is 16.0. The van der Waals surface area contributed by atoms with Crippen LogP contribution in [0.15, 0.2) is 12.1 Å². The van der Waals surface area contributed by atoms with Crippen LogP contribution in [0.2, 0.25) is 0 Å². The van der Waals surface area contributed by atoms with Crippen LogP contribution in [-0.4, -0.2) is 6.18 Å². The zero-order valence-electron chi connectivity index (χ0n) is 7.80. The molecule has 16 heavy (non-hydrogen) atoms. The van der Waals surface area contributed by atoms with E-state index in [9.17, 15) is 26.3 Å². The van der Waals surface area contributed by atoms with E-state index in [1.807, 2.05) is 0 Å². The van der Waals surface area contributed by atoms with Crippen molar-refractivity contribution < 1.29 is 26.3 Å². The molecule has 1 rings (SSSR count). The van der Waals surface area contributed by atoms with Crippen molar-refractivity contribution in [3.63, 3.8) is 0 Å². The third kappa shape index (κ3) is 2.11. The number of halogens is 7. The van der Waals surface area contributed by atoms with Crippen molar-refractivity contribution in [1.82, 2.24) is 0 Å². The van der Waals surface area contributed by atoms with Crippen molar-refractivity contribution >= 4 is 11.6 Å². The van der Waals surface area contributed by atoms with Gasteiger partial charge in [-0.25, -0.2) is 13.2 Å². The van der Waals surface area contributed by atoms with E-state index >= 15 is 0 Å². The molecule has 0 spiro atoms. The number of rotatable bonds is 1. The summed E-state index contributed by atoms with van der Waals surface area (Å²) < 4.78 is 75.9. The molecule has 0 aliphatic rings. The summed E-state index contributed by atoms with van der Waals surface area (Å²) >= 11 is 5.07. The van der Waals surface area contributed by atoms with Crippen molar-refractivity contribution in [3.05, 3.63) is 35.1 Å². The molecule has 1 aromatic rings. The Balaban J connectivity index is 3.45. The summed E-state index contributed by atoms with van der Waals surface area (Å²) in [5.41, 5.74) is -1.41. The molecule has 0 aliphatic heterocycles. The highest BCUT2D eigenvalue weighted by Gasteiger charge is 2.53. The molecule has 0 bridgehead atoms. The summed E-state index contributed by atoms with van der Waals surface area (Å²) in [6.45, 7) is 0.397. The summed E-state index contributed by atoms with van der Waals surface area (Å²) in [5.74, 6) is -4.66. The van der Waals surface area contributed by atoms with E-state index in [0.29, 0.717) is 6.92 Å². The Labute approximate surface area is 91.8 Å². The van der Waals surface area contributed by atoms with Gasteiger partial charge in [0.1, 0.15) is 17.5 Å². The lowest BCUT2D eigenvalue weighted by Gasteiger charge is -2.26. The predicted molar refractivity (Wildman–Crippen MR) is 45.6 cm³/mol. The van der Waals surface area contributed by atoms with Crippen LogP contribution in [0.4, 0.5) is 26.3 Å². The molecular weight excluding hydrogens is 258 g/mol. The first kappa shape index (κ1) is 13.2. The van der Waals surface area contributed by atoms with E-state index in [4.69, 9.17) is 11.6 Å². The molecule has 0 aliphatic carbocycles. The molecule has 7 heteroatoms. The van der Waals surface area contributed by atoms with Crippen LogP contribution < -0.4 is 0 Å². The fourth-order valence-electron chi connectivity index (χ4n) is 1.13. The minimum atomic E-state index is -5.06. The molecule has 0 amide bonds. The van der Waals surface area contributed by atoms with Gasteiger partial charge >= 0.3 is 6.18 Å². The van der Waals surface area contributed by atoms with Gasteiger partial charge in [-0.15, -0.1) is 11.6 Å². The average molecular weight is 263 g/mol. The van der Waals surface area contributed by atoms with Crippen molar-refractivity contribution in [2.24, 2.45) is 0 Å². The molecule has 90 valence electrons. The summed E-state index contributed by atoms with van der Waals surface area (Å²) in [5, 5.41) is 0. The first-order valence-corrected chi connectivity index (χ1v) is 4.36. The van der Waals surface area contributed by atoms with Gasteiger partial charge in [0, 0.05) is 12.1 Å². The highest BCUT2D eigenvalue weighted by molar-refractivity contribution is 6.24. The molecule has 0 heterocycles. The van der Waals surface area contributed by atoms with E-state index in [-0.39, 0.29) is 12.1 Å². The van der Waals surface area contributed by atoms with Crippen LogP contribution in [0, 0.1) is 17.5 Å². The molecule has 0 aromatic heterocycles. The standard InChI is InChI=1S/C9H5ClF6/c1-8(10,9(14,15)16)7-5(12)2-4(11)3-6(7)13/h2-3H,1H3/t8-/m0/s1. The maximum Gasteiger partial charge on any atom is 0.411 e. The van der Waals surface area contributed by atoms with Gasteiger partial charge in [0.2, 0.25) is 0 Å². The third-order valence-electron chi connectivity index (χ3n) is 2.01. The number of hydrogen-bond acceptors (Lipinski definition) is 0. The van der Waals surface area contributed by atoms with E-state index in [0.717, 1.165) is 0 Å². The average Bonchev–Trinajstić information content (AvgIpc) is 1.97. The molecule has 0 saturated carbocycles. The van der Waals surface area contributed by atoms with Crippen LogP contribution in [0.25, 0.3) is 0 Å². The van der Waals surface area contributed by atoms with Gasteiger partial charge in [0.25, 0.3) is 0 Å². The molecule has 0 fully saturated rings. The van der Waals surface area contributed by atoms with E-state index in [1.54, 1.807) is 0 Å². The maximum absolute atomic E-state index is 13.1. The predicted octanol–water partition coefficient (Wildman–Crippen LogP) is 4.12. The van der Waals surface area contributed by atoms with Gasteiger partial charge in [0.15, 0.2) is 4.87 Å². The van der Waals surface area contributed by atoms with Crippen molar-refractivity contribution in [2.45, 2.75) is 18.0 Å². The summed E-state index contributed by atoms with van der Waals surface area (Å²) in [4.78, 5) is -3.24. The molecule has 0 radical (unpaired) electrons. The van der Waals surface area contributed by atoms with Crippen LogP contribution in [0.1, 0.15) is 12.5 Å². The SMILES string of the molecule is C[C@](Cl)(c1c(F)cc(F)cc1F)C(F)(F)F. The first-order valence-electron chi connectivity index (χ1n) is 3.98. The van der Waals surface area contributed by atoms with Crippen LogP contribution >= 0.6 is 11.6 Å². The van der Waals surface area contributed by atoms with Crippen molar-refractivity contribution in [3.8, 4) is 0 Å². The van der Waals surface area contributed by atoms with Gasteiger partial charge in [-0.3, -0.25) is 0 Å². The van der Waals surface area contributed by atoms with Gasteiger partial charge < -0.3 is 0 Å². The van der Waals surface area contributed by atoms with E-state index in [1.165, 1.54) is 0 Å². The van der Waals surface area contributed by atoms with Crippen molar-refractivity contribution in [1.29, 1.82) is 0 Å². The van der Waals surface area contributed by atoms with Gasteiger partial charge in [-0.1, -0.05) is 0 Å². The maximum atomic E-state index is 13.1. The number of hydrogen-bond donors (Lipinski definition) is 0. The smallest absolute Gasteiger partial charge is 0.207 e. The molecule has 0 nitrogen and oxygen atoms in total. The lowest BCUT2D eigenvalue weighted by molar-refractivity contribution is -0.161. The second-order valence-electron chi connectivity index (χ2n) is 3.25. The molecule has 1 atom stereocenters. The largest absolute Gasteiger partial charge is 0.411 e. The van der Waals surface area contributed by atoms with Crippen molar-refractivity contribution in [2.75, 3.05) is 0 Å². The lowest BCUT2D eigenvalue weighted by atomic mass is 9.98. The Bertz CT molecular complexity index is 386. The molecule has 0 saturated heterocycles. The van der Waals surface area contributed by atoms with Gasteiger partial charge in [-0.05, 0) is 6.92 Å². The highest BCUT2D eigenvalue weighted by Crippen LogP contribution is 2.46. The Morgan fingerprint density at radius 2 is 1.38 bits per heavy atom. The quantitative estimate of drug-likeness (QED) is 0.527. The van der Waals surface area contributed by atoms with E-state index < -0.39 is 34.1 Å². The second kappa shape index (κ2) is 3.84. The Morgan fingerprint density at radius 3 is 1.69 bits per heavy atom. The fraction of sp³-hybridized carbons (Fsp3) is 0.333. The monoisotopic (exact) mass is 262 g/mol.